The molecule has 1 aromatic carbocycles. The third-order valence-corrected chi connectivity index (χ3v) is 4.73. The Morgan fingerprint density at radius 3 is 2.53 bits per heavy atom. The molecule has 5 heteroatoms. The average molecular weight is 280 g/mol. The Hall–Kier alpha value is -1.33. The summed E-state index contributed by atoms with van der Waals surface area (Å²) in [5.74, 6) is 0.489. The van der Waals surface area contributed by atoms with Crippen molar-refractivity contribution in [1.29, 1.82) is 0 Å². The number of nitrogens with two attached hydrogens (primary N) is 1. The zero-order valence-corrected chi connectivity index (χ0v) is 12.4. The first-order valence-electron chi connectivity index (χ1n) is 6.46. The van der Waals surface area contributed by atoms with Crippen LogP contribution >= 0.6 is 0 Å². The van der Waals surface area contributed by atoms with Gasteiger partial charge in [-0.05, 0) is 18.9 Å². The number of benzene rings is 1. The van der Waals surface area contributed by atoms with Crippen LogP contribution in [0, 0.1) is 12.8 Å². The normalized spacial score (nSPS) is 13.9. The van der Waals surface area contributed by atoms with Crippen LogP contribution in [0.4, 0.5) is 0 Å². The highest BCUT2D eigenvalue weighted by Crippen LogP contribution is 2.29. The van der Waals surface area contributed by atoms with E-state index in [0.717, 1.165) is 24.2 Å². The molecule has 1 atom stereocenters. The molecule has 0 bridgehead atoms. The highest BCUT2D eigenvalue weighted by atomic mass is 32.2. The number of hydrogen-bond donors (Lipinski definition) is 1. The molecule has 0 saturated carbocycles. The summed E-state index contributed by atoms with van der Waals surface area (Å²) in [5.41, 5.74) is 1.66. The van der Waals surface area contributed by atoms with Gasteiger partial charge in [-0.15, -0.1) is 0 Å². The molecule has 1 unspecified atom stereocenters. The van der Waals surface area contributed by atoms with E-state index < -0.39 is 10.0 Å². The Morgan fingerprint density at radius 2 is 1.95 bits per heavy atom. The molecule has 4 nitrogen and oxygen atoms in total. The van der Waals surface area contributed by atoms with Crippen molar-refractivity contribution >= 4 is 20.9 Å². The molecule has 0 aliphatic rings. The van der Waals surface area contributed by atoms with Crippen LogP contribution in [-0.2, 0) is 16.6 Å². The third kappa shape index (κ3) is 2.53. The lowest BCUT2D eigenvalue weighted by molar-refractivity contribution is 0.470. The number of para-hydroxylation sites is 1. The molecule has 2 rings (SSSR count). The van der Waals surface area contributed by atoms with Crippen LogP contribution in [-0.4, -0.2) is 13.0 Å². The van der Waals surface area contributed by atoms with Crippen LogP contribution in [0.15, 0.2) is 29.2 Å². The summed E-state index contributed by atoms with van der Waals surface area (Å²) in [6, 6.07) is 7.51. The second-order valence-corrected chi connectivity index (χ2v) is 6.60. The average Bonchev–Trinajstić information content (AvgIpc) is 2.62. The molecular weight excluding hydrogens is 260 g/mol. The molecule has 0 radical (unpaired) electrons. The van der Waals surface area contributed by atoms with Gasteiger partial charge in [-0.25, -0.2) is 13.6 Å². The van der Waals surface area contributed by atoms with Crippen molar-refractivity contribution in [3.63, 3.8) is 0 Å². The number of fused-ring (bicyclic) bond motifs is 1. The predicted octanol–water partition coefficient (Wildman–Crippen LogP) is 2.64. The minimum absolute atomic E-state index is 0.256. The number of sulfonamides is 1. The second kappa shape index (κ2) is 4.98. The van der Waals surface area contributed by atoms with E-state index in [0.29, 0.717) is 11.3 Å². The fraction of sp³-hybridized carbons (Fsp3) is 0.429. The monoisotopic (exact) mass is 280 g/mol. The van der Waals surface area contributed by atoms with Gasteiger partial charge in [-0.1, -0.05) is 38.5 Å². The molecule has 19 heavy (non-hydrogen) atoms. The quantitative estimate of drug-likeness (QED) is 0.935. The number of rotatable bonds is 4. The lowest BCUT2D eigenvalue weighted by Gasteiger charge is -2.13. The van der Waals surface area contributed by atoms with Crippen LogP contribution in [0.5, 0.6) is 0 Å². The van der Waals surface area contributed by atoms with Gasteiger partial charge in [0.2, 0.25) is 10.0 Å². The fourth-order valence-electron chi connectivity index (χ4n) is 2.43. The Bertz CT molecular complexity index is 702. The summed E-state index contributed by atoms with van der Waals surface area (Å²) in [6.45, 7) is 6.91. The van der Waals surface area contributed by atoms with Crippen molar-refractivity contribution in [1.82, 2.24) is 4.57 Å². The zero-order chi connectivity index (χ0) is 14.2. The number of primary sulfonamides is 1. The summed E-state index contributed by atoms with van der Waals surface area (Å²) < 4.78 is 25.7. The minimum Gasteiger partial charge on any atom is -0.343 e. The molecule has 2 aromatic rings. The van der Waals surface area contributed by atoms with Gasteiger partial charge in [0, 0.05) is 23.1 Å². The van der Waals surface area contributed by atoms with Gasteiger partial charge >= 0.3 is 0 Å². The molecule has 104 valence electrons. The SMILES string of the molecule is CCC(C)Cn1c(C)c(S(N)(=O)=O)c2ccccc21. The van der Waals surface area contributed by atoms with E-state index in [4.69, 9.17) is 5.14 Å². The van der Waals surface area contributed by atoms with E-state index in [2.05, 4.69) is 18.4 Å². The molecule has 2 N–H and O–H groups in total. The Kier molecular flexibility index (Phi) is 3.69. The lowest BCUT2D eigenvalue weighted by atomic mass is 10.1. The smallest absolute Gasteiger partial charge is 0.240 e. The van der Waals surface area contributed by atoms with E-state index >= 15 is 0 Å². The van der Waals surface area contributed by atoms with E-state index in [1.165, 1.54) is 0 Å². The highest BCUT2D eigenvalue weighted by Gasteiger charge is 2.22. The van der Waals surface area contributed by atoms with Crippen LogP contribution in [0.2, 0.25) is 0 Å². The molecule has 0 spiro atoms. The maximum Gasteiger partial charge on any atom is 0.240 e. The fourth-order valence-corrected chi connectivity index (χ4v) is 3.44. The Morgan fingerprint density at radius 1 is 1.32 bits per heavy atom. The molecule has 1 heterocycles. The van der Waals surface area contributed by atoms with E-state index in [9.17, 15) is 8.42 Å². The van der Waals surface area contributed by atoms with Crippen molar-refractivity contribution in [3.05, 3.63) is 30.0 Å². The van der Waals surface area contributed by atoms with Gasteiger partial charge < -0.3 is 4.57 Å². The molecular formula is C14H20N2O2S. The number of hydrogen-bond acceptors (Lipinski definition) is 2. The van der Waals surface area contributed by atoms with E-state index in [1.807, 2.05) is 31.2 Å². The second-order valence-electron chi connectivity index (χ2n) is 5.10. The largest absolute Gasteiger partial charge is 0.343 e. The van der Waals surface area contributed by atoms with Gasteiger partial charge in [-0.2, -0.15) is 0 Å². The summed E-state index contributed by atoms with van der Waals surface area (Å²) in [5, 5.41) is 6.07. The van der Waals surface area contributed by atoms with Crippen molar-refractivity contribution in [2.24, 2.45) is 11.1 Å². The molecule has 0 fully saturated rings. The Balaban J connectivity index is 2.75. The van der Waals surface area contributed by atoms with Gasteiger partial charge in [0.15, 0.2) is 0 Å². The summed E-state index contributed by atoms with van der Waals surface area (Å²) in [7, 11) is -3.70. The number of aromatic nitrogens is 1. The molecule has 0 saturated heterocycles. The lowest BCUT2D eigenvalue weighted by Crippen LogP contribution is -2.14. The maximum atomic E-state index is 11.8. The van der Waals surface area contributed by atoms with Crippen LogP contribution in [0.1, 0.15) is 26.0 Å². The van der Waals surface area contributed by atoms with E-state index in [-0.39, 0.29) is 4.90 Å². The van der Waals surface area contributed by atoms with Gasteiger partial charge in [0.05, 0.1) is 0 Å². The Labute approximate surface area is 114 Å². The summed E-state index contributed by atoms with van der Waals surface area (Å²) >= 11 is 0. The van der Waals surface area contributed by atoms with Crippen molar-refractivity contribution < 1.29 is 8.42 Å². The first-order chi connectivity index (χ1) is 8.86. The first-order valence-corrected chi connectivity index (χ1v) is 8.01. The van der Waals surface area contributed by atoms with Gasteiger partial charge in [-0.3, -0.25) is 0 Å². The van der Waals surface area contributed by atoms with Crippen molar-refractivity contribution in [2.75, 3.05) is 0 Å². The van der Waals surface area contributed by atoms with Crippen LogP contribution in [0.3, 0.4) is 0 Å². The standard InChI is InChI=1S/C14H20N2O2S/c1-4-10(2)9-16-11(3)14(19(15,17)18)12-7-5-6-8-13(12)16/h5-8,10H,4,9H2,1-3H3,(H2,15,17,18). The van der Waals surface area contributed by atoms with Crippen LogP contribution < -0.4 is 5.14 Å². The number of nitrogens with zero attached hydrogens (tertiary/aromatic N) is 1. The maximum absolute atomic E-state index is 11.8. The topological polar surface area (TPSA) is 65.1 Å². The van der Waals surface area contributed by atoms with Crippen molar-refractivity contribution in [3.8, 4) is 0 Å². The first kappa shape index (κ1) is 14.1. The molecule has 1 aromatic heterocycles. The summed E-state index contributed by atoms with van der Waals surface area (Å²) in [4.78, 5) is 0.256. The van der Waals surface area contributed by atoms with Gasteiger partial charge in [0.25, 0.3) is 0 Å². The van der Waals surface area contributed by atoms with Crippen molar-refractivity contribution in [2.45, 2.75) is 38.6 Å². The molecule has 0 amide bonds. The molecule has 0 aliphatic carbocycles. The highest BCUT2D eigenvalue weighted by molar-refractivity contribution is 7.89. The summed E-state index contributed by atoms with van der Waals surface area (Å²) in [6.07, 6.45) is 1.05. The van der Waals surface area contributed by atoms with Crippen LogP contribution in [0.25, 0.3) is 10.9 Å². The zero-order valence-electron chi connectivity index (χ0n) is 11.6. The minimum atomic E-state index is -3.70. The predicted molar refractivity (Wildman–Crippen MR) is 77.5 cm³/mol. The van der Waals surface area contributed by atoms with Gasteiger partial charge in [0.1, 0.15) is 4.90 Å². The van der Waals surface area contributed by atoms with E-state index in [1.54, 1.807) is 0 Å². The molecule has 0 aliphatic heterocycles. The third-order valence-electron chi connectivity index (χ3n) is 3.65.